The molecule has 0 saturated heterocycles. The van der Waals surface area contributed by atoms with Crippen LogP contribution in [0.15, 0.2) is 55.0 Å². The highest BCUT2D eigenvalue weighted by Gasteiger charge is 2.14. The van der Waals surface area contributed by atoms with Crippen molar-refractivity contribution in [2.45, 2.75) is 32.9 Å². The molecule has 6 heteroatoms. The molecule has 128 valence electrons. The second-order valence-electron chi connectivity index (χ2n) is 6.17. The van der Waals surface area contributed by atoms with E-state index in [9.17, 15) is 4.79 Å². The topological polar surface area (TPSA) is 72.7 Å². The number of pyridine rings is 1. The van der Waals surface area contributed by atoms with Crippen LogP contribution >= 0.6 is 0 Å². The highest BCUT2D eigenvalue weighted by molar-refractivity contribution is 5.92. The first-order valence-corrected chi connectivity index (χ1v) is 8.26. The molecule has 0 fully saturated rings. The quantitative estimate of drug-likeness (QED) is 0.751. The highest BCUT2D eigenvalue weighted by Crippen LogP contribution is 2.09. The molecule has 1 aromatic carbocycles. The maximum Gasteiger partial charge on any atom is 0.273 e. The number of rotatable bonds is 6. The van der Waals surface area contributed by atoms with Crippen molar-refractivity contribution >= 4 is 5.91 Å². The van der Waals surface area contributed by atoms with Crippen LogP contribution in [0.3, 0.4) is 0 Å². The maximum absolute atomic E-state index is 12.3. The normalized spacial score (nSPS) is 11.9. The lowest BCUT2D eigenvalue weighted by atomic mass is 10.1. The molecule has 3 aromatic rings. The minimum atomic E-state index is -0.215. The molecule has 0 aliphatic heterocycles. The van der Waals surface area contributed by atoms with Crippen LogP contribution in [-0.4, -0.2) is 31.9 Å². The van der Waals surface area contributed by atoms with Gasteiger partial charge in [-0.1, -0.05) is 35.5 Å². The molecular formula is C19H21N5O. The molecule has 25 heavy (non-hydrogen) atoms. The van der Waals surface area contributed by atoms with Crippen molar-refractivity contribution in [1.82, 2.24) is 25.3 Å². The van der Waals surface area contributed by atoms with E-state index >= 15 is 0 Å². The smallest absolute Gasteiger partial charge is 0.273 e. The third-order valence-corrected chi connectivity index (χ3v) is 4.01. The van der Waals surface area contributed by atoms with Gasteiger partial charge in [0, 0.05) is 18.4 Å². The predicted octanol–water partition coefficient (Wildman–Crippen LogP) is 2.39. The molecule has 6 nitrogen and oxygen atoms in total. The first-order chi connectivity index (χ1) is 12.1. The molecule has 2 heterocycles. The number of hydrogen-bond donors (Lipinski definition) is 1. The minimum Gasteiger partial charge on any atom is -0.348 e. The number of hydrogen-bond acceptors (Lipinski definition) is 4. The van der Waals surface area contributed by atoms with Gasteiger partial charge < -0.3 is 5.32 Å². The number of amides is 1. The molecule has 1 N–H and O–H groups in total. The zero-order valence-electron chi connectivity index (χ0n) is 14.4. The van der Waals surface area contributed by atoms with Gasteiger partial charge in [-0.2, -0.15) is 0 Å². The average molecular weight is 335 g/mol. The SMILES string of the molecule is Cc1ccccc1Cn1cc(C(=O)N[C@H](C)Cc2cccnc2)nn1. The van der Waals surface area contributed by atoms with Gasteiger partial charge >= 0.3 is 0 Å². The van der Waals surface area contributed by atoms with E-state index < -0.39 is 0 Å². The second kappa shape index (κ2) is 7.70. The molecule has 0 saturated carbocycles. The van der Waals surface area contributed by atoms with Crippen LogP contribution in [0.1, 0.15) is 34.1 Å². The molecule has 1 atom stereocenters. The van der Waals surface area contributed by atoms with Crippen LogP contribution in [0.5, 0.6) is 0 Å². The van der Waals surface area contributed by atoms with E-state index in [1.54, 1.807) is 23.3 Å². The van der Waals surface area contributed by atoms with Gasteiger partial charge in [0.25, 0.3) is 5.91 Å². The van der Waals surface area contributed by atoms with Crippen LogP contribution in [0.2, 0.25) is 0 Å². The monoisotopic (exact) mass is 335 g/mol. The van der Waals surface area contributed by atoms with Crippen molar-refractivity contribution in [2.24, 2.45) is 0 Å². The number of nitrogens with zero attached hydrogens (tertiary/aromatic N) is 4. The molecule has 3 rings (SSSR count). The van der Waals surface area contributed by atoms with E-state index in [1.807, 2.05) is 37.3 Å². The fourth-order valence-corrected chi connectivity index (χ4v) is 2.66. The first kappa shape index (κ1) is 16.8. The lowest BCUT2D eigenvalue weighted by Crippen LogP contribution is -2.34. The van der Waals surface area contributed by atoms with E-state index in [0.29, 0.717) is 12.2 Å². The van der Waals surface area contributed by atoms with E-state index in [0.717, 1.165) is 17.5 Å². The molecule has 0 radical (unpaired) electrons. The maximum atomic E-state index is 12.3. The van der Waals surface area contributed by atoms with E-state index in [4.69, 9.17) is 0 Å². The Kier molecular flexibility index (Phi) is 5.18. The third kappa shape index (κ3) is 4.50. The Morgan fingerprint density at radius 1 is 1.24 bits per heavy atom. The molecular weight excluding hydrogens is 314 g/mol. The van der Waals surface area contributed by atoms with Crippen molar-refractivity contribution in [1.29, 1.82) is 0 Å². The van der Waals surface area contributed by atoms with Crippen molar-refractivity contribution in [2.75, 3.05) is 0 Å². The van der Waals surface area contributed by atoms with E-state index in [2.05, 4.69) is 33.6 Å². The Morgan fingerprint density at radius 2 is 2.08 bits per heavy atom. The summed E-state index contributed by atoms with van der Waals surface area (Å²) < 4.78 is 1.68. The van der Waals surface area contributed by atoms with Crippen LogP contribution in [0.25, 0.3) is 0 Å². The number of nitrogens with one attached hydrogen (secondary N) is 1. The van der Waals surface area contributed by atoms with Gasteiger partial charge in [-0.05, 0) is 43.0 Å². The minimum absolute atomic E-state index is 0.0155. The summed E-state index contributed by atoms with van der Waals surface area (Å²) in [6.07, 6.45) is 5.94. The molecule has 0 bridgehead atoms. The lowest BCUT2D eigenvalue weighted by molar-refractivity contribution is 0.0935. The van der Waals surface area contributed by atoms with Gasteiger partial charge in [-0.25, -0.2) is 4.68 Å². The van der Waals surface area contributed by atoms with Gasteiger partial charge in [0.2, 0.25) is 0 Å². The molecule has 0 spiro atoms. The molecule has 1 amide bonds. The average Bonchev–Trinajstić information content (AvgIpc) is 3.06. The summed E-state index contributed by atoms with van der Waals surface area (Å²) in [7, 11) is 0. The fourth-order valence-electron chi connectivity index (χ4n) is 2.66. The summed E-state index contributed by atoms with van der Waals surface area (Å²) in [6, 6.07) is 12.0. The lowest BCUT2D eigenvalue weighted by Gasteiger charge is -2.12. The number of carbonyl (C=O) groups is 1. The Morgan fingerprint density at radius 3 is 2.84 bits per heavy atom. The first-order valence-electron chi connectivity index (χ1n) is 8.26. The Labute approximate surface area is 146 Å². The van der Waals surface area contributed by atoms with Crippen LogP contribution in [-0.2, 0) is 13.0 Å². The zero-order valence-corrected chi connectivity index (χ0v) is 14.4. The van der Waals surface area contributed by atoms with Crippen LogP contribution in [0, 0.1) is 6.92 Å². The van der Waals surface area contributed by atoms with Gasteiger partial charge in [0.05, 0.1) is 12.7 Å². The molecule has 2 aromatic heterocycles. The number of carbonyl (C=O) groups excluding carboxylic acids is 1. The second-order valence-corrected chi connectivity index (χ2v) is 6.17. The standard InChI is InChI=1S/C19H21N5O/c1-14-6-3-4-8-17(14)12-24-13-18(22-23-24)19(25)21-15(2)10-16-7-5-9-20-11-16/h3-9,11,13,15H,10,12H2,1-2H3,(H,21,25)/t15-/m1/s1. The number of aryl methyl sites for hydroxylation is 1. The summed E-state index contributed by atoms with van der Waals surface area (Å²) in [6.45, 7) is 4.61. The molecule has 0 unspecified atom stereocenters. The van der Waals surface area contributed by atoms with E-state index in [-0.39, 0.29) is 11.9 Å². The van der Waals surface area contributed by atoms with Gasteiger partial charge in [0.1, 0.15) is 0 Å². The zero-order chi connectivity index (χ0) is 17.6. The largest absolute Gasteiger partial charge is 0.348 e. The molecule has 0 aliphatic rings. The van der Waals surface area contributed by atoms with Crippen molar-refractivity contribution in [3.63, 3.8) is 0 Å². The Balaban J connectivity index is 1.60. The summed E-state index contributed by atoms with van der Waals surface area (Å²) in [5.74, 6) is -0.215. The predicted molar refractivity (Wildman–Crippen MR) is 95.2 cm³/mol. The summed E-state index contributed by atoms with van der Waals surface area (Å²) in [5, 5.41) is 11.0. The number of benzene rings is 1. The summed E-state index contributed by atoms with van der Waals surface area (Å²) in [4.78, 5) is 16.4. The van der Waals surface area contributed by atoms with Gasteiger partial charge in [-0.3, -0.25) is 9.78 Å². The summed E-state index contributed by atoms with van der Waals surface area (Å²) in [5.41, 5.74) is 3.75. The fraction of sp³-hybridized carbons (Fsp3) is 0.263. The van der Waals surface area contributed by atoms with Crippen LogP contribution < -0.4 is 5.32 Å². The van der Waals surface area contributed by atoms with Gasteiger partial charge in [-0.15, -0.1) is 5.10 Å². The Hall–Kier alpha value is -3.02. The van der Waals surface area contributed by atoms with Crippen LogP contribution in [0.4, 0.5) is 0 Å². The van der Waals surface area contributed by atoms with E-state index in [1.165, 1.54) is 5.56 Å². The van der Waals surface area contributed by atoms with Crippen molar-refractivity contribution in [3.05, 3.63) is 77.4 Å². The highest BCUT2D eigenvalue weighted by atomic mass is 16.2. The van der Waals surface area contributed by atoms with Gasteiger partial charge in [0.15, 0.2) is 5.69 Å². The summed E-state index contributed by atoms with van der Waals surface area (Å²) >= 11 is 0. The third-order valence-electron chi connectivity index (χ3n) is 4.01. The Bertz CT molecular complexity index is 844. The van der Waals surface area contributed by atoms with Crippen molar-refractivity contribution < 1.29 is 4.79 Å². The number of aromatic nitrogens is 4. The molecule has 0 aliphatic carbocycles. The van der Waals surface area contributed by atoms with Crippen molar-refractivity contribution in [3.8, 4) is 0 Å².